The molecule has 3 heteroatoms. The Labute approximate surface area is 132 Å². The van der Waals surface area contributed by atoms with Crippen LogP contribution in [0.5, 0.6) is 5.75 Å². The molecule has 0 radical (unpaired) electrons. The van der Waals surface area contributed by atoms with Gasteiger partial charge in [-0.05, 0) is 30.2 Å². The van der Waals surface area contributed by atoms with Crippen LogP contribution in [-0.2, 0) is 6.54 Å². The summed E-state index contributed by atoms with van der Waals surface area (Å²) in [4.78, 5) is 0. The Kier molecular flexibility index (Phi) is 8.95. The lowest BCUT2D eigenvalue weighted by Crippen LogP contribution is -2.22. The number of rotatable bonds is 10. The lowest BCUT2D eigenvalue weighted by atomic mass is 10.2. The third-order valence-corrected chi connectivity index (χ3v) is 4.01. The number of benzene rings is 1. The van der Waals surface area contributed by atoms with Crippen LogP contribution in [0.25, 0.3) is 0 Å². The van der Waals surface area contributed by atoms with Gasteiger partial charge < -0.3 is 10.1 Å². The van der Waals surface area contributed by atoms with E-state index >= 15 is 0 Å². The molecular formula is C17H28BrNO. The molecule has 0 unspecified atom stereocenters. The monoisotopic (exact) mass is 341 g/mol. The average molecular weight is 342 g/mol. The fourth-order valence-electron chi connectivity index (χ4n) is 1.99. The van der Waals surface area contributed by atoms with E-state index in [1.54, 1.807) is 0 Å². The smallest absolute Gasteiger partial charge is 0.119 e. The number of hydrogen-bond acceptors (Lipinski definition) is 2. The number of halogens is 1. The molecule has 0 aliphatic rings. The zero-order valence-electron chi connectivity index (χ0n) is 13.0. The van der Waals surface area contributed by atoms with Crippen LogP contribution >= 0.6 is 15.9 Å². The Morgan fingerprint density at radius 2 is 1.90 bits per heavy atom. The van der Waals surface area contributed by atoms with Crippen LogP contribution < -0.4 is 10.1 Å². The summed E-state index contributed by atoms with van der Waals surface area (Å²) in [5, 5.41) is 3.43. The molecule has 1 rings (SSSR count). The van der Waals surface area contributed by atoms with Crippen molar-refractivity contribution in [2.75, 3.05) is 6.61 Å². The Bertz CT molecular complexity index is 379. The number of hydrogen-bond donors (Lipinski definition) is 1. The van der Waals surface area contributed by atoms with Crippen molar-refractivity contribution in [3.8, 4) is 5.75 Å². The van der Waals surface area contributed by atoms with E-state index in [-0.39, 0.29) is 0 Å². The van der Waals surface area contributed by atoms with Gasteiger partial charge in [-0.1, -0.05) is 62.4 Å². The fourth-order valence-corrected chi connectivity index (χ4v) is 2.37. The minimum atomic E-state index is 0.491. The lowest BCUT2D eigenvalue weighted by Gasteiger charge is -2.12. The fraction of sp³-hybridized carbons (Fsp3) is 0.647. The predicted molar refractivity (Wildman–Crippen MR) is 90.4 cm³/mol. The molecule has 1 aromatic carbocycles. The highest BCUT2D eigenvalue weighted by Gasteiger charge is 2.03. The van der Waals surface area contributed by atoms with E-state index in [0.29, 0.717) is 6.04 Å². The van der Waals surface area contributed by atoms with Crippen molar-refractivity contribution in [3.63, 3.8) is 0 Å². The Morgan fingerprint density at radius 1 is 1.15 bits per heavy atom. The van der Waals surface area contributed by atoms with Gasteiger partial charge in [0.05, 0.1) is 6.61 Å². The Morgan fingerprint density at radius 3 is 2.60 bits per heavy atom. The van der Waals surface area contributed by atoms with E-state index in [1.165, 1.54) is 31.2 Å². The van der Waals surface area contributed by atoms with E-state index < -0.39 is 0 Å². The standard InChI is InChI=1S/C17H28BrNO/c1-4-5-6-7-8-11-20-16-9-10-17(18)15(12-16)13-19-14(2)3/h9-10,12,14,19H,4-8,11,13H2,1-3H3. The molecule has 0 atom stereocenters. The normalized spacial score (nSPS) is 11.1. The van der Waals surface area contributed by atoms with Crippen LogP contribution in [0.15, 0.2) is 22.7 Å². The molecule has 0 saturated heterocycles. The van der Waals surface area contributed by atoms with E-state index in [1.807, 2.05) is 6.07 Å². The zero-order valence-corrected chi connectivity index (χ0v) is 14.6. The van der Waals surface area contributed by atoms with Gasteiger partial charge in [-0.25, -0.2) is 0 Å². The highest BCUT2D eigenvalue weighted by atomic mass is 79.9. The number of unbranched alkanes of at least 4 members (excludes halogenated alkanes) is 4. The molecule has 0 fully saturated rings. The third-order valence-electron chi connectivity index (χ3n) is 3.23. The first-order valence-corrected chi connectivity index (χ1v) is 8.57. The molecule has 2 nitrogen and oxygen atoms in total. The maximum absolute atomic E-state index is 5.84. The van der Waals surface area contributed by atoms with Gasteiger partial charge >= 0.3 is 0 Å². The van der Waals surface area contributed by atoms with Crippen LogP contribution in [-0.4, -0.2) is 12.6 Å². The second kappa shape index (κ2) is 10.2. The van der Waals surface area contributed by atoms with Gasteiger partial charge in [-0.3, -0.25) is 0 Å². The van der Waals surface area contributed by atoms with Crippen LogP contribution in [0.4, 0.5) is 0 Å². The molecule has 0 amide bonds. The highest BCUT2D eigenvalue weighted by Crippen LogP contribution is 2.23. The summed E-state index contributed by atoms with van der Waals surface area (Å²) in [6.45, 7) is 8.24. The maximum Gasteiger partial charge on any atom is 0.119 e. The zero-order chi connectivity index (χ0) is 14.8. The Balaban J connectivity index is 2.36. The van der Waals surface area contributed by atoms with Gasteiger partial charge in [0.15, 0.2) is 0 Å². The molecule has 0 saturated carbocycles. The van der Waals surface area contributed by atoms with Crippen LogP contribution in [0.3, 0.4) is 0 Å². The lowest BCUT2D eigenvalue weighted by molar-refractivity contribution is 0.304. The molecule has 0 aliphatic carbocycles. The summed E-state index contributed by atoms with van der Waals surface area (Å²) in [5.41, 5.74) is 1.25. The molecule has 1 aromatic rings. The van der Waals surface area contributed by atoms with Crippen molar-refractivity contribution in [1.29, 1.82) is 0 Å². The van der Waals surface area contributed by atoms with Crippen molar-refractivity contribution in [1.82, 2.24) is 5.32 Å². The minimum Gasteiger partial charge on any atom is -0.494 e. The molecule has 0 aliphatic heterocycles. The molecule has 0 bridgehead atoms. The quantitative estimate of drug-likeness (QED) is 0.583. The first-order chi connectivity index (χ1) is 9.63. The van der Waals surface area contributed by atoms with Gasteiger partial charge in [0.1, 0.15) is 5.75 Å². The molecule has 0 aromatic heterocycles. The first kappa shape index (κ1) is 17.5. The van der Waals surface area contributed by atoms with Gasteiger partial charge in [0.25, 0.3) is 0 Å². The molecule has 1 N–H and O–H groups in total. The van der Waals surface area contributed by atoms with E-state index in [4.69, 9.17) is 4.74 Å². The van der Waals surface area contributed by atoms with E-state index in [0.717, 1.165) is 29.8 Å². The number of ether oxygens (including phenoxy) is 1. The SMILES string of the molecule is CCCCCCCOc1ccc(Br)c(CNC(C)C)c1. The molecule has 0 spiro atoms. The first-order valence-electron chi connectivity index (χ1n) is 7.78. The molecule has 0 heterocycles. The third kappa shape index (κ3) is 7.30. The van der Waals surface area contributed by atoms with Crippen LogP contribution in [0.2, 0.25) is 0 Å². The molecule has 114 valence electrons. The predicted octanol–water partition coefficient (Wildman–Crippen LogP) is 5.30. The average Bonchev–Trinajstić information content (AvgIpc) is 2.42. The van der Waals surface area contributed by atoms with Gasteiger partial charge in [-0.2, -0.15) is 0 Å². The van der Waals surface area contributed by atoms with Gasteiger partial charge in [0, 0.05) is 17.1 Å². The van der Waals surface area contributed by atoms with Crippen molar-refractivity contribution < 1.29 is 4.74 Å². The molecule has 20 heavy (non-hydrogen) atoms. The van der Waals surface area contributed by atoms with Crippen molar-refractivity contribution >= 4 is 15.9 Å². The van der Waals surface area contributed by atoms with Gasteiger partial charge in [0.2, 0.25) is 0 Å². The summed E-state index contributed by atoms with van der Waals surface area (Å²) in [7, 11) is 0. The summed E-state index contributed by atoms with van der Waals surface area (Å²) in [6, 6.07) is 6.73. The van der Waals surface area contributed by atoms with Crippen LogP contribution in [0, 0.1) is 0 Å². The van der Waals surface area contributed by atoms with Crippen molar-refractivity contribution in [2.24, 2.45) is 0 Å². The second-order valence-electron chi connectivity index (χ2n) is 5.55. The second-order valence-corrected chi connectivity index (χ2v) is 6.41. The highest BCUT2D eigenvalue weighted by molar-refractivity contribution is 9.10. The van der Waals surface area contributed by atoms with Crippen LogP contribution in [0.1, 0.15) is 58.4 Å². The number of nitrogens with one attached hydrogen (secondary N) is 1. The Hall–Kier alpha value is -0.540. The van der Waals surface area contributed by atoms with E-state index in [2.05, 4.69) is 54.2 Å². The van der Waals surface area contributed by atoms with Gasteiger partial charge in [-0.15, -0.1) is 0 Å². The largest absolute Gasteiger partial charge is 0.494 e. The molecular weight excluding hydrogens is 314 g/mol. The minimum absolute atomic E-state index is 0.491. The topological polar surface area (TPSA) is 21.3 Å². The van der Waals surface area contributed by atoms with Crippen molar-refractivity contribution in [2.45, 2.75) is 65.5 Å². The summed E-state index contributed by atoms with van der Waals surface area (Å²) >= 11 is 3.60. The summed E-state index contributed by atoms with van der Waals surface area (Å²) in [6.07, 6.45) is 6.37. The van der Waals surface area contributed by atoms with Crippen molar-refractivity contribution in [3.05, 3.63) is 28.2 Å². The maximum atomic E-state index is 5.84. The van der Waals surface area contributed by atoms with E-state index in [9.17, 15) is 0 Å². The summed E-state index contributed by atoms with van der Waals surface area (Å²) < 4.78 is 6.98. The summed E-state index contributed by atoms with van der Waals surface area (Å²) in [5.74, 6) is 0.976.